The number of carbonyl (C=O) groups excluding carboxylic acids is 4. The zero-order valence-electron chi connectivity index (χ0n) is 15.2. The highest BCUT2D eigenvalue weighted by Crippen LogP contribution is 2.03. The molecule has 0 saturated heterocycles. The number of H-pyrrole nitrogens is 1. The molecule has 0 radical (unpaired) electrons. The number of aromatic amines is 1. The maximum absolute atomic E-state index is 11.7. The van der Waals surface area contributed by atoms with E-state index in [1.54, 1.807) is 0 Å². The first-order valence-electron chi connectivity index (χ1n) is 8.06. The Morgan fingerprint density at radius 3 is 2.44 bits per heavy atom. The third-order valence-corrected chi connectivity index (χ3v) is 3.08. The summed E-state index contributed by atoms with van der Waals surface area (Å²) in [6, 6.07) is 0. The predicted molar refractivity (Wildman–Crippen MR) is 94.9 cm³/mol. The van der Waals surface area contributed by atoms with Crippen LogP contribution in [0.5, 0.6) is 0 Å². The van der Waals surface area contributed by atoms with Gasteiger partial charge in [0.1, 0.15) is 19.0 Å². The Labute approximate surface area is 156 Å². The standard InChI is InChI=1S/C17H22N4O6/c1-11(22)6-19-13(7-18-3)9-26-15(24)4-5-16(25)27-10-14-8-20-17(21-14)12(2)23/h7-8,19H,3-6,9-10H2,1-2H3,(H,20,21)/b13-7-. The number of ether oxygens (including phenoxy) is 2. The Morgan fingerprint density at radius 2 is 1.89 bits per heavy atom. The van der Waals surface area contributed by atoms with Crippen LogP contribution in [0.1, 0.15) is 43.0 Å². The third kappa shape index (κ3) is 9.10. The number of rotatable bonds is 12. The highest BCUT2D eigenvalue weighted by Gasteiger charge is 2.12. The van der Waals surface area contributed by atoms with Gasteiger partial charge in [0.05, 0.1) is 37.0 Å². The Kier molecular flexibility index (Phi) is 9.13. The topological polar surface area (TPSA) is 140 Å². The van der Waals surface area contributed by atoms with Crippen LogP contribution in [0.3, 0.4) is 0 Å². The van der Waals surface area contributed by atoms with Crippen molar-refractivity contribution in [3.8, 4) is 0 Å². The van der Waals surface area contributed by atoms with E-state index in [1.807, 2.05) is 0 Å². The lowest BCUT2D eigenvalue weighted by Crippen LogP contribution is -2.24. The van der Waals surface area contributed by atoms with Crippen LogP contribution in [0.2, 0.25) is 0 Å². The second-order valence-electron chi connectivity index (χ2n) is 5.53. The summed E-state index contributed by atoms with van der Waals surface area (Å²) in [5.41, 5.74) is 0.885. The Bertz CT molecular complexity index is 738. The van der Waals surface area contributed by atoms with Crippen molar-refractivity contribution in [2.45, 2.75) is 33.3 Å². The van der Waals surface area contributed by atoms with Crippen molar-refractivity contribution in [3.05, 3.63) is 29.6 Å². The van der Waals surface area contributed by atoms with Crippen molar-refractivity contribution >= 4 is 30.2 Å². The van der Waals surface area contributed by atoms with Gasteiger partial charge < -0.3 is 19.8 Å². The van der Waals surface area contributed by atoms with Crippen LogP contribution in [-0.4, -0.2) is 53.3 Å². The van der Waals surface area contributed by atoms with Gasteiger partial charge >= 0.3 is 11.9 Å². The number of hydrogen-bond donors (Lipinski definition) is 2. The maximum atomic E-state index is 11.7. The van der Waals surface area contributed by atoms with E-state index >= 15 is 0 Å². The molecule has 0 aliphatic heterocycles. The normalized spacial score (nSPS) is 10.8. The predicted octanol–water partition coefficient (Wildman–Crippen LogP) is 0.699. The van der Waals surface area contributed by atoms with Crippen LogP contribution in [0, 0.1) is 0 Å². The van der Waals surface area contributed by atoms with Gasteiger partial charge in [0, 0.05) is 13.1 Å². The van der Waals surface area contributed by atoms with E-state index in [1.165, 1.54) is 26.2 Å². The highest BCUT2D eigenvalue weighted by molar-refractivity contribution is 5.90. The summed E-state index contributed by atoms with van der Waals surface area (Å²) in [6.45, 7) is 5.93. The van der Waals surface area contributed by atoms with Crippen molar-refractivity contribution in [3.63, 3.8) is 0 Å². The summed E-state index contributed by atoms with van der Waals surface area (Å²) in [5, 5.41) is 2.76. The molecule has 0 amide bonds. The van der Waals surface area contributed by atoms with Gasteiger partial charge in [0.15, 0.2) is 11.6 Å². The average Bonchev–Trinajstić information content (AvgIpc) is 3.09. The number of nitrogens with one attached hydrogen (secondary N) is 2. The molecular weight excluding hydrogens is 356 g/mol. The largest absolute Gasteiger partial charge is 0.459 e. The van der Waals surface area contributed by atoms with E-state index in [0.29, 0.717) is 11.4 Å². The first kappa shape index (κ1) is 21.7. The van der Waals surface area contributed by atoms with Gasteiger partial charge in [0.2, 0.25) is 0 Å². The summed E-state index contributed by atoms with van der Waals surface area (Å²) < 4.78 is 9.99. The summed E-state index contributed by atoms with van der Waals surface area (Å²) in [7, 11) is 0. The molecule has 0 unspecified atom stereocenters. The first-order valence-corrected chi connectivity index (χ1v) is 8.06. The molecule has 0 aliphatic rings. The summed E-state index contributed by atoms with van der Waals surface area (Å²) >= 11 is 0. The smallest absolute Gasteiger partial charge is 0.306 e. The SMILES string of the molecule is C=N/C=C(/COC(=O)CCC(=O)OCc1cnc(C(C)=O)[nH]1)NCC(C)=O. The number of Topliss-reactive ketones (excluding diaryl/α,β-unsaturated/α-hetero) is 2. The number of carbonyl (C=O) groups is 4. The van der Waals surface area contributed by atoms with Crippen molar-refractivity contribution < 1.29 is 28.7 Å². The molecule has 1 aromatic heterocycles. The third-order valence-electron chi connectivity index (χ3n) is 3.08. The number of aliphatic imine (C=N–C) groups is 1. The van der Waals surface area contributed by atoms with Crippen LogP contribution in [0.15, 0.2) is 23.1 Å². The molecule has 0 spiro atoms. The molecule has 0 aromatic carbocycles. The molecule has 0 fully saturated rings. The zero-order valence-corrected chi connectivity index (χ0v) is 15.2. The fourth-order valence-corrected chi connectivity index (χ4v) is 1.76. The second-order valence-corrected chi connectivity index (χ2v) is 5.53. The average molecular weight is 378 g/mol. The molecule has 2 N–H and O–H groups in total. The molecule has 0 aliphatic carbocycles. The van der Waals surface area contributed by atoms with Crippen LogP contribution >= 0.6 is 0 Å². The number of nitrogens with zero attached hydrogens (tertiary/aromatic N) is 2. The minimum absolute atomic E-state index is 0.0736. The molecule has 10 heteroatoms. The van der Waals surface area contributed by atoms with Crippen molar-refractivity contribution in [1.82, 2.24) is 15.3 Å². The minimum atomic E-state index is -0.605. The van der Waals surface area contributed by atoms with Crippen LogP contribution in [0.25, 0.3) is 0 Å². The molecule has 1 heterocycles. The fraction of sp³-hybridized carbons (Fsp3) is 0.412. The molecule has 0 bridgehead atoms. The van der Waals surface area contributed by atoms with Gasteiger partial charge in [-0.2, -0.15) is 0 Å². The highest BCUT2D eigenvalue weighted by atomic mass is 16.5. The van der Waals surface area contributed by atoms with Crippen LogP contribution < -0.4 is 5.32 Å². The van der Waals surface area contributed by atoms with E-state index in [9.17, 15) is 19.2 Å². The van der Waals surface area contributed by atoms with Crippen LogP contribution in [-0.2, 0) is 30.5 Å². The maximum Gasteiger partial charge on any atom is 0.306 e. The molecule has 146 valence electrons. The molecule has 0 saturated carbocycles. The molecule has 1 aromatic rings. The Hall–Kier alpha value is -3.30. The van der Waals surface area contributed by atoms with Crippen molar-refractivity contribution in [2.75, 3.05) is 13.2 Å². The van der Waals surface area contributed by atoms with Crippen molar-refractivity contribution in [1.29, 1.82) is 0 Å². The van der Waals surface area contributed by atoms with E-state index in [2.05, 4.69) is 27.0 Å². The van der Waals surface area contributed by atoms with E-state index in [0.717, 1.165) is 0 Å². The van der Waals surface area contributed by atoms with Gasteiger partial charge in [-0.05, 0) is 13.6 Å². The first-order chi connectivity index (χ1) is 12.8. The molecule has 27 heavy (non-hydrogen) atoms. The van der Waals surface area contributed by atoms with E-state index in [4.69, 9.17) is 9.47 Å². The number of ketones is 2. The van der Waals surface area contributed by atoms with Crippen molar-refractivity contribution in [2.24, 2.45) is 4.99 Å². The lowest BCUT2D eigenvalue weighted by atomic mass is 10.3. The summed E-state index contributed by atoms with van der Waals surface area (Å²) in [5.74, 6) is -1.34. The lowest BCUT2D eigenvalue weighted by Gasteiger charge is -2.09. The monoisotopic (exact) mass is 378 g/mol. The van der Waals surface area contributed by atoms with E-state index < -0.39 is 11.9 Å². The number of aromatic nitrogens is 2. The minimum Gasteiger partial charge on any atom is -0.459 e. The number of imidazole rings is 1. The second kappa shape index (κ2) is 11.3. The molecule has 0 atom stereocenters. The summed E-state index contributed by atoms with van der Waals surface area (Å²) in [6.07, 6.45) is 2.41. The molecule has 1 rings (SSSR count). The quantitative estimate of drug-likeness (QED) is 0.308. The lowest BCUT2D eigenvalue weighted by molar-refractivity contribution is -0.150. The molecular formula is C17H22N4O6. The number of hydrogen-bond acceptors (Lipinski definition) is 9. The summed E-state index contributed by atoms with van der Waals surface area (Å²) in [4.78, 5) is 55.5. The molecule has 10 nitrogen and oxygen atoms in total. The van der Waals surface area contributed by atoms with E-state index in [-0.39, 0.29) is 50.0 Å². The van der Waals surface area contributed by atoms with Gasteiger partial charge in [-0.3, -0.25) is 24.2 Å². The Balaban J connectivity index is 2.30. The zero-order chi connectivity index (χ0) is 20.2. The fourth-order valence-electron chi connectivity index (χ4n) is 1.76. The van der Waals surface area contributed by atoms with Gasteiger partial charge in [-0.1, -0.05) is 0 Å². The Morgan fingerprint density at radius 1 is 1.22 bits per heavy atom. The van der Waals surface area contributed by atoms with Gasteiger partial charge in [-0.15, -0.1) is 0 Å². The van der Waals surface area contributed by atoms with Crippen LogP contribution in [0.4, 0.5) is 0 Å². The number of esters is 2. The van der Waals surface area contributed by atoms with Gasteiger partial charge in [-0.25, -0.2) is 4.98 Å². The van der Waals surface area contributed by atoms with Gasteiger partial charge in [0.25, 0.3) is 0 Å².